The molecule has 1 fully saturated rings. The van der Waals surface area contributed by atoms with Crippen LogP contribution in [0, 0.1) is 5.92 Å². The van der Waals surface area contributed by atoms with E-state index in [1.165, 1.54) is 0 Å². The van der Waals surface area contributed by atoms with Crippen molar-refractivity contribution in [2.24, 2.45) is 5.92 Å². The van der Waals surface area contributed by atoms with Gasteiger partial charge in [0.2, 0.25) is 5.91 Å². The summed E-state index contributed by atoms with van der Waals surface area (Å²) >= 11 is 0. The number of hydrogen-bond donors (Lipinski definition) is 2. The molecular formula is C15H28N2O4. The molecule has 2 unspecified atom stereocenters. The molecule has 1 rings (SSSR count). The van der Waals surface area contributed by atoms with Gasteiger partial charge in [0.25, 0.3) is 0 Å². The number of rotatable bonds is 8. The summed E-state index contributed by atoms with van der Waals surface area (Å²) in [6.07, 6.45) is 1.75. The number of carbonyl (C=O) groups excluding carboxylic acids is 1. The highest BCUT2D eigenvalue weighted by Gasteiger charge is 2.24. The zero-order valence-electron chi connectivity index (χ0n) is 13.3. The van der Waals surface area contributed by atoms with Gasteiger partial charge in [0.1, 0.15) is 0 Å². The molecule has 0 bridgehead atoms. The van der Waals surface area contributed by atoms with Gasteiger partial charge in [-0.25, -0.2) is 0 Å². The summed E-state index contributed by atoms with van der Waals surface area (Å²) in [5.41, 5.74) is 0. The van der Waals surface area contributed by atoms with Gasteiger partial charge in [0, 0.05) is 19.1 Å². The Hall–Kier alpha value is -1.14. The lowest BCUT2D eigenvalue weighted by Crippen LogP contribution is -2.48. The van der Waals surface area contributed by atoms with E-state index in [1.807, 2.05) is 11.8 Å². The van der Waals surface area contributed by atoms with E-state index in [4.69, 9.17) is 9.84 Å². The highest BCUT2D eigenvalue weighted by atomic mass is 16.5. The fraction of sp³-hybridized carbons (Fsp3) is 0.867. The number of morpholine rings is 1. The molecule has 6 heteroatoms. The van der Waals surface area contributed by atoms with Crippen LogP contribution in [0.25, 0.3) is 0 Å². The lowest BCUT2D eigenvalue weighted by atomic mass is 10.0. The quantitative estimate of drug-likeness (QED) is 0.702. The van der Waals surface area contributed by atoms with E-state index in [-0.39, 0.29) is 24.5 Å². The Labute approximate surface area is 126 Å². The number of carboxylic acids is 1. The Morgan fingerprint density at radius 1 is 1.33 bits per heavy atom. The molecular weight excluding hydrogens is 272 g/mol. The Kier molecular flexibility index (Phi) is 7.67. The number of amides is 1. The van der Waals surface area contributed by atoms with E-state index < -0.39 is 5.97 Å². The molecule has 122 valence electrons. The summed E-state index contributed by atoms with van der Waals surface area (Å²) in [7, 11) is 0. The first-order valence-corrected chi connectivity index (χ1v) is 7.72. The zero-order valence-corrected chi connectivity index (χ0v) is 13.3. The monoisotopic (exact) mass is 300 g/mol. The standard InChI is InChI=1S/C15H28N2O4/c1-11(2)4-5-12(3)16-14(18)10-17-6-7-21-13(9-17)8-15(19)20/h11-13H,4-10H2,1-3H3,(H,16,18)(H,19,20). The Morgan fingerprint density at radius 3 is 2.67 bits per heavy atom. The Bertz CT molecular complexity index is 347. The molecule has 0 aromatic carbocycles. The van der Waals surface area contributed by atoms with Crippen LogP contribution in [0.5, 0.6) is 0 Å². The van der Waals surface area contributed by atoms with Crippen LogP contribution in [0.1, 0.15) is 40.0 Å². The maximum atomic E-state index is 12.0. The third kappa shape index (κ3) is 8.02. The average Bonchev–Trinajstić information content (AvgIpc) is 2.35. The van der Waals surface area contributed by atoms with Gasteiger partial charge in [-0.2, -0.15) is 0 Å². The van der Waals surface area contributed by atoms with Crippen LogP contribution in [-0.2, 0) is 14.3 Å². The summed E-state index contributed by atoms with van der Waals surface area (Å²) in [6.45, 7) is 8.33. The number of carboxylic acid groups (broad SMARTS) is 1. The molecule has 2 atom stereocenters. The molecule has 0 saturated carbocycles. The molecule has 21 heavy (non-hydrogen) atoms. The highest BCUT2D eigenvalue weighted by molar-refractivity contribution is 5.78. The molecule has 1 aliphatic rings. The maximum Gasteiger partial charge on any atom is 0.306 e. The second kappa shape index (κ2) is 9.00. The van der Waals surface area contributed by atoms with Gasteiger partial charge < -0.3 is 15.2 Å². The number of hydrogen-bond acceptors (Lipinski definition) is 4. The first kappa shape index (κ1) is 17.9. The smallest absolute Gasteiger partial charge is 0.306 e. The number of aliphatic carboxylic acids is 1. The topological polar surface area (TPSA) is 78.9 Å². The number of nitrogens with one attached hydrogen (secondary N) is 1. The minimum Gasteiger partial charge on any atom is -0.481 e. The zero-order chi connectivity index (χ0) is 15.8. The van der Waals surface area contributed by atoms with E-state index in [1.54, 1.807) is 0 Å². The van der Waals surface area contributed by atoms with Crippen LogP contribution >= 0.6 is 0 Å². The van der Waals surface area contributed by atoms with Crippen LogP contribution in [0.2, 0.25) is 0 Å². The maximum absolute atomic E-state index is 12.0. The second-order valence-electron chi connectivity index (χ2n) is 6.27. The van der Waals surface area contributed by atoms with Crippen molar-refractivity contribution >= 4 is 11.9 Å². The SMILES string of the molecule is CC(C)CCC(C)NC(=O)CN1CCOC(CC(=O)O)C1. The predicted molar refractivity (Wildman–Crippen MR) is 80.1 cm³/mol. The molecule has 1 aliphatic heterocycles. The summed E-state index contributed by atoms with van der Waals surface area (Å²) < 4.78 is 5.39. The average molecular weight is 300 g/mol. The molecule has 0 aromatic heterocycles. The Balaban J connectivity index is 2.28. The van der Waals surface area contributed by atoms with Crippen LogP contribution in [-0.4, -0.2) is 60.3 Å². The molecule has 0 aliphatic carbocycles. The van der Waals surface area contributed by atoms with Crippen molar-refractivity contribution in [3.05, 3.63) is 0 Å². The van der Waals surface area contributed by atoms with Crippen LogP contribution in [0.15, 0.2) is 0 Å². The van der Waals surface area contributed by atoms with Crippen molar-refractivity contribution in [2.45, 2.75) is 52.2 Å². The van der Waals surface area contributed by atoms with E-state index in [2.05, 4.69) is 19.2 Å². The van der Waals surface area contributed by atoms with Crippen molar-refractivity contribution in [3.8, 4) is 0 Å². The van der Waals surface area contributed by atoms with E-state index in [0.29, 0.717) is 32.2 Å². The minimum atomic E-state index is -0.867. The molecule has 1 amide bonds. The number of ether oxygens (including phenoxy) is 1. The summed E-state index contributed by atoms with van der Waals surface area (Å²) in [6, 6.07) is 0.177. The van der Waals surface area contributed by atoms with E-state index >= 15 is 0 Å². The van der Waals surface area contributed by atoms with Gasteiger partial charge >= 0.3 is 5.97 Å². The lowest BCUT2D eigenvalue weighted by molar-refractivity contribution is -0.142. The van der Waals surface area contributed by atoms with Gasteiger partial charge in [-0.1, -0.05) is 13.8 Å². The predicted octanol–water partition coefficient (Wildman–Crippen LogP) is 1.10. The molecule has 0 aromatic rings. The van der Waals surface area contributed by atoms with Gasteiger partial charge in [0.15, 0.2) is 0 Å². The molecule has 1 heterocycles. The van der Waals surface area contributed by atoms with Crippen molar-refractivity contribution in [2.75, 3.05) is 26.2 Å². The van der Waals surface area contributed by atoms with Crippen LogP contribution in [0.3, 0.4) is 0 Å². The van der Waals surface area contributed by atoms with Gasteiger partial charge in [-0.15, -0.1) is 0 Å². The largest absolute Gasteiger partial charge is 0.481 e. The van der Waals surface area contributed by atoms with Crippen LogP contribution in [0.4, 0.5) is 0 Å². The minimum absolute atomic E-state index is 0.00207. The molecule has 1 saturated heterocycles. The Morgan fingerprint density at radius 2 is 2.05 bits per heavy atom. The molecule has 2 N–H and O–H groups in total. The normalized spacial score (nSPS) is 21.2. The summed E-state index contributed by atoms with van der Waals surface area (Å²) in [4.78, 5) is 24.6. The van der Waals surface area contributed by atoms with Crippen molar-refractivity contribution < 1.29 is 19.4 Å². The third-order valence-electron chi connectivity index (χ3n) is 3.58. The van der Waals surface area contributed by atoms with Gasteiger partial charge in [0.05, 0.1) is 25.7 Å². The molecule has 6 nitrogen and oxygen atoms in total. The van der Waals surface area contributed by atoms with Gasteiger partial charge in [-0.05, 0) is 25.7 Å². The summed E-state index contributed by atoms with van der Waals surface area (Å²) in [5.74, 6) is -0.226. The van der Waals surface area contributed by atoms with Crippen molar-refractivity contribution in [3.63, 3.8) is 0 Å². The fourth-order valence-corrected chi connectivity index (χ4v) is 2.42. The fourth-order valence-electron chi connectivity index (χ4n) is 2.42. The van der Waals surface area contributed by atoms with E-state index in [0.717, 1.165) is 12.8 Å². The van der Waals surface area contributed by atoms with Crippen LogP contribution < -0.4 is 5.32 Å². The van der Waals surface area contributed by atoms with Crippen molar-refractivity contribution in [1.29, 1.82) is 0 Å². The first-order chi connectivity index (χ1) is 9.86. The second-order valence-corrected chi connectivity index (χ2v) is 6.27. The number of nitrogens with zero attached hydrogens (tertiary/aromatic N) is 1. The third-order valence-corrected chi connectivity index (χ3v) is 3.58. The number of carbonyl (C=O) groups is 2. The molecule has 0 radical (unpaired) electrons. The van der Waals surface area contributed by atoms with Crippen molar-refractivity contribution in [1.82, 2.24) is 10.2 Å². The lowest BCUT2D eigenvalue weighted by Gasteiger charge is -2.32. The summed E-state index contributed by atoms with van der Waals surface area (Å²) in [5, 5.41) is 11.8. The molecule has 0 spiro atoms. The first-order valence-electron chi connectivity index (χ1n) is 7.72. The van der Waals surface area contributed by atoms with Gasteiger partial charge in [-0.3, -0.25) is 14.5 Å². The highest BCUT2D eigenvalue weighted by Crippen LogP contribution is 2.09. The van der Waals surface area contributed by atoms with E-state index in [9.17, 15) is 9.59 Å².